The van der Waals surface area contributed by atoms with Crippen molar-refractivity contribution in [3.8, 4) is 17.1 Å². The highest BCUT2D eigenvalue weighted by atomic mass is 35.5. The number of amides is 1. The summed E-state index contributed by atoms with van der Waals surface area (Å²) >= 11 is 12.6. The lowest BCUT2D eigenvalue weighted by molar-refractivity contribution is -0.121. The Morgan fingerprint density at radius 1 is 1.38 bits per heavy atom. The monoisotopic (exact) mass is 379 g/mol. The predicted octanol–water partition coefficient (Wildman–Crippen LogP) is 4.83. The van der Waals surface area contributed by atoms with Gasteiger partial charge in [0.25, 0.3) is 5.91 Å². The average molecular weight is 380 g/mol. The Balaban J connectivity index is 1.86. The molecule has 1 saturated heterocycles. The molecule has 0 bridgehead atoms. The van der Waals surface area contributed by atoms with Crippen LogP contribution in [-0.2, 0) is 4.79 Å². The summed E-state index contributed by atoms with van der Waals surface area (Å²) in [6.07, 6.45) is 1.71. The first kappa shape index (κ1) is 17.1. The number of furan rings is 1. The van der Waals surface area contributed by atoms with Gasteiger partial charge in [-0.1, -0.05) is 35.6 Å². The average Bonchev–Trinajstić information content (AvgIpc) is 3.13. The highest BCUT2D eigenvalue weighted by molar-refractivity contribution is 8.26. The fraction of sp³-hybridized carbons (Fsp3) is 0.176. The van der Waals surface area contributed by atoms with Crippen LogP contribution in [0.3, 0.4) is 0 Å². The van der Waals surface area contributed by atoms with Crippen LogP contribution in [-0.4, -0.2) is 28.8 Å². The molecule has 124 valence electrons. The second-order valence-corrected chi connectivity index (χ2v) is 7.06. The molecule has 1 fully saturated rings. The highest BCUT2D eigenvalue weighted by Crippen LogP contribution is 2.34. The van der Waals surface area contributed by atoms with E-state index in [1.165, 1.54) is 11.8 Å². The molecule has 0 atom stereocenters. The lowest BCUT2D eigenvalue weighted by Crippen LogP contribution is -2.27. The Hall–Kier alpha value is -1.76. The summed E-state index contributed by atoms with van der Waals surface area (Å²) in [5.74, 6) is 1.78. The van der Waals surface area contributed by atoms with E-state index in [1.807, 2.05) is 25.1 Å². The van der Waals surface area contributed by atoms with Gasteiger partial charge in [0.15, 0.2) is 0 Å². The van der Waals surface area contributed by atoms with Crippen molar-refractivity contribution in [3.05, 3.63) is 46.0 Å². The van der Waals surface area contributed by atoms with Gasteiger partial charge in [0.2, 0.25) is 0 Å². The molecule has 1 aliphatic rings. The maximum atomic E-state index is 12.2. The fourth-order valence-electron chi connectivity index (χ4n) is 2.31. The summed E-state index contributed by atoms with van der Waals surface area (Å²) in [6, 6.07) is 9.08. The van der Waals surface area contributed by atoms with Gasteiger partial charge in [0, 0.05) is 18.2 Å². The van der Waals surface area contributed by atoms with Crippen molar-refractivity contribution in [2.75, 3.05) is 13.7 Å². The molecule has 0 radical (unpaired) electrons. The van der Waals surface area contributed by atoms with E-state index in [9.17, 15) is 4.79 Å². The number of halogens is 1. The van der Waals surface area contributed by atoms with Crippen LogP contribution in [0.2, 0.25) is 5.02 Å². The van der Waals surface area contributed by atoms with Crippen molar-refractivity contribution >= 4 is 51.9 Å². The molecule has 0 spiro atoms. The minimum absolute atomic E-state index is 0.0852. The number of thiocarbonyl (C=S) groups is 1. The molecule has 2 heterocycles. The number of ether oxygens (including phenoxy) is 1. The molecule has 4 nitrogen and oxygen atoms in total. The molecule has 7 heteroatoms. The van der Waals surface area contributed by atoms with Gasteiger partial charge in [-0.15, -0.1) is 0 Å². The molecule has 1 aromatic carbocycles. The van der Waals surface area contributed by atoms with Crippen molar-refractivity contribution in [1.82, 2.24) is 4.90 Å². The van der Waals surface area contributed by atoms with Crippen molar-refractivity contribution in [2.24, 2.45) is 0 Å². The van der Waals surface area contributed by atoms with Gasteiger partial charge in [0.05, 0.1) is 17.0 Å². The van der Waals surface area contributed by atoms with Crippen LogP contribution in [0.1, 0.15) is 12.7 Å². The first-order valence-corrected chi connectivity index (χ1v) is 8.83. The van der Waals surface area contributed by atoms with E-state index in [2.05, 4.69) is 0 Å². The molecule has 3 rings (SSSR count). The van der Waals surface area contributed by atoms with E-state index in [0.29, 0.717) is 38.1 Å². The zero-order valence-electron chi connectivity index (χ0n) is 13.0. The predicted molar refractivity (Wildman–Crippen MR) is 101 cm³/mol. The van der Waals surface area contributed by atoms with E-state index >= 15 is 0 Å². The number of rotatable bonds is 4. The van der Waals surface area contributed by atoms with Crippen LogP contribution in [0.5, 0.6) is 5.75 Å². The minimum atomic E-state index is -0.0852. The number of nitrogens with zero attached hydrogens (tertiary/aromatic N) is 1. The van der Waals surface area contributed by atoms with Crippen LogP contribution in [0, 0.1) is 0 Å². The van der Waals surface area contributed by atoms with Gasteiger partial charge in [-0.05, 0) is 37.3 Å². The Morgan fingerprint density at radius 2 is 2.17 bits per heavy atom. The SMILES string of the molecule is CCN1C(=O)C(=Cc2ccc(-c3ccc(OC)c(Cl)c3)o2)SC1=S. The summed E-state index contributed by atoms with van der Waals surface area (Å²) in [7, 11) is 1.57. The van der Waals surface area contributed by atoms with Crippen molar-refractivity contribution in [2.45, 2.75) is 6.92 Å². The number of carbonyl (C=O) groups excluding carboxylic acids is 1. The number of benzene rings is 1. The fourth-order valence-corrected chi connectivity index (χ4v) is 3.93. The molecule has 1 aliphatic heterocycles. The molecule has 0 N–H and O–H groups in total. The quantitative estimate of drug-likeness (QED) is 0.562. The second kappa shape index (κ2) is 7.01. The Labute approximate surface area is 154 Å². The molecule has 2 aromatic rings. The molecule has 1 amide bonds. The lowest BCUT2D eigenvalue weighted by atomic mass is 10.2. The third-order valence-electron chi connectivity index (χ3n) is 3.53. The number of hydrogen-bond donors (Lipinski definition) is 0. The van der Waals surface area contributed by atoms with Crippen LogP contribution < -0.4 is 4.74 Å². The van der Waals surface area contributed by atoms with E-state index in [4.69, 9.17) is 33.0 Å². The number of carbonyl (C=O) groups is 1. The van der Waals surface area contributed by atoms with Gasteiger partial charge in [-0.2, -0.15) is 0 Å². The van der Waals surface area contributed by atoms with E-state index in [0.717, 1.165) is 5.56 Å². The van der Waals surface area contributed by atoms with Gasteiger partial charge in [0.1, 0.15) is 21.6 Å². The number of likely N-dealkylation sites (N-methyl/N-ethyl adjacent to an activating group) is 1. The van der Waals surface area contributed by atoms with Gasteiger partial charge >= 0.3 is 0 Å². The second-order valence-electron chi connectivity index (χ2n) is 4.98. The van der Waals surface area contributed by atoms with E-state index in [-0.39, 0.29) is 5.91 Å². The standard InChI is InChI=1S/C17H14ClNO3S2/c1-3-19-16(20)15(24-17(19)23)9-11-5-7-13(22-11)10-4-6-14(21-2)12(18)8-10/h4-9H,3H2,1-2H3. The Bertz CT molecular complexity index is 844. The van der Waals surface area contributed by atoms with Gasteiger partial charge in [-0.3, -0.25) is 9.69 Å². The number of thioether (sulfide) groups is 1. The third-order valence-corrected chi connectivity index (χ3v) is 5.20. The van der Waals surface area contributed by atoms with E-state index in [1.54, 1.807) is 30.2 Å². The van der Waals surface area contributed by atoms with Crippen LogP contribution in [0.15, 0.2) is 39.7 Å². The first-order chi connectivity index (χ1) is 11.5. The van der Waals surface area contributed by atoms with Crippen molar-refractivity contribution in [1.29, 1.82) is 0 Å². The zero-order chi connectivity index (χ0) is 17.3. The number of hydrogen-bond acceptors (Lipinski definition) is 5. The normalized spacial score (nSPS) is 16.3. The van der Waals surface area contributed by atoms with E-state index < -0.39 is 0 Å². The molecule has 24 heavy (non-hydrogen) atoms. The van der Waals surface area contributed by atoms with Crippen LogP contribution in [0.25, 0.3) is 17.4 Å². The number of methoxy groups -OCH3 is 1. The molecule has 0 saturated carbocycles. The summed E-state index contributed by atoms with van der Waals surface area (Å²) in [6.45, 7) is 2.46. The van der Waals surface area contributed by atoms with Gasteiger partial charge < -0.3 is 9.15 Å². The van der Waals surface area contributed by atoms with Gasteiger partial charge in [-0.25, -0.2) is 0 Å². The Kier molecular flexibility index (Phi) is 4.99. The minimum Gasteiger partial charge on any atom is -0.495 e. The lowest BCUT2D eigenvalue weighted by Gasteiger charge is -2.09. The highest BCUT2D eigenvalue weighted by Gasteiger charge is 2.30. The maximum Gasteiger partial charge on any atom is 0.266 e. The summed E-state index contributed by atoms with van der Waals surface area (Å²) in [5.41, 5.74) is 0.835. The molecular weight excluding hydrogens is 366 g/mol. The van der Waals surface area contributed by atoms with Crippen molar-refractivity contribution < 1.29 is 13.9 Å². The first-order valence-electron chi connectivity index (χ1n) is 7.22. The topological polar surface area (TPSA) is 42.7 Å². The summed E-state index contributed by atoms with van der Waals surface area (Å²) < 4.78 is 11.5. The Morgan fingerprint density at radius 3 is 2.79 bits per heavy atom. The summed E-state index contributed by atoms with van der Waals surface area (Å²) in [5, 5.41) is 0.511. The zero-order valence-corrected chi connectivity index (χ0v) is 15.4. The van der Waals surface area contributed by atoms with Crippen molar-refractivity contribution in [3.63, 3.8) is 0 Å². The largest absolute Gasteiger partial charge is 0.495 e. The molecule has 0 aliphatic carbocycles. The third kappa shape index (κ3) is 3.22. The molecule has 1 aromatic heterocycles. The van der Waals surface area contributed by atoms with Crippen LogP contribution >= 0.6 is 35.6 Å². The molecule has 0 unspecified atom stereocenters. The van der Waals surface area contributed by atoms with Crippen LogP contribution in [0.4, 0.5) is 0 Å². The maximum absolute atomic E-state index is 12.2. The summed E-state index contributed by atoms with van der Waals surface area (Å²) in [4.78, 5) is 14.4. The smallest absolute Gasteiger partial charge is 0.266 e. The molecular formula is C17H14ClNO3S2.